The fourth-order valence-corrected chi connectivity index (χ4v) is 2.83. The van der Waals surface area contributed by atoms with Crippen LogP contribution < -0.4 is 10.6 Å². The summed E-state index contributed by atoms with van der Waals surface area (Å²) in [7, 11) is 3.27. The van der Waals surface area contributed by atoms with Gasteiger partial charge in [-0.05, 0) is 23.3 Å². The summed E-state index contributed by atoms with van der Waals surface area (Å²) < 4.78 is 0. The summed E-state index contributed by atoms with van der Waals surface area (Å²) in [4.78, 5) is 57.3. The monoisotopic (exact) mass is 408 g/mol. The zero-order valence-corrected chi connectivity index (χ0v) is 16.9. The van der Waals surface area contributed by atoms with E-state index in [1.54, 1.807) is 50.5 Å². The van der Waals surface area contributed by atoms with E-state index in [0.717, 1.165) is 11.1 Å². The van der Waals surface area contributed by atoms with E-state index in [1.165, 1.54) is 23.6 Å². The summed E-state index contributed by atoms with van der Waals surface area (Å²) >= 11 is 0. The third-order valence-corrected chi connectivity index (χ3v) is 4.33. The SMILES string of the molecule is CC(=O)NC1=NC(=O)/C(=C\c2ccc(/C=C3\C(=O)N=C(NC(C)=O)N3C)cc2)N1C. The third kappa shape index (κ3) is 4.32. The summed E-state index contributed by atoms with van der Waals surface area (Å²) in [6.07, 6.45) is 3.31. The predicted molar refractivity (Wildman–Crippen MR) is 110 cm³/mol. The van der Waals surface area contributed by atoms with Crippen LogP contribution in [0.4, 0.5) is 0 Å². The Bertz CT molecular complexity index is 980. The van der Waals surface area contributed by atoms with Crippen molar-refractivity contribution in [3.63, 3.8) is 0 Å². The van der Waals surface area contributed by atoms with Gasteiger partial charge in [0.05, 0.1) is 0 Å². The van der Waals surface area contributed by atoms with Crippen LogP contribution in [0.25, 0.3) is 12.2 Å². The molecule has 2 heterocycles. The topological polar surface area (TPSA) is 124 Å². The minimum Gasteiger partial charge on any atom is -0.310 e. The van der Waals surface area contributed by atoms with Crippen molar-refractivity contribution in [1.29, 1.82) is 0 Å². The Hall–Kier alpha value is -4.08. The first kappa shape index (κ1) is 20.6. The lowest BCUT2D eigenvalue weighted by Crippen LogP contribution is -2.37. The van der Waals surface area contributed by atoms with Gasteiger partial charge >= 0.3 is 0 Å². The average Bonchev–Trinajstić information content (AvgIpc) is 3.06. The standard InChI is InChI=1S/C20H20N6O4/c1-11(27)21-19-23-17(29)15(25(19)3)9-13-5-7-14(8-6-13)10-16-18(30)24-20(26(16)4)22-12(2)28/h5-10H,1-4H3,(H,21,23,27,29)(H,22,24,28,30)/b15-9+,16-10+. The second-order valence-electron chi connectivity index (χ2n) is 6.69. The maximum atomic E-state index is 12.1. The lowest BCUT2D eigenvalue weighted by Gasteiger charge is -2.15. The van der Waals surface area contributed by atoms with Gasteiger partial charge in [-0.25, -0.2) is 0 Å². The molecule has 0 radical (unpaired) electrons. The van der Waals surface area contributed by atoms with E-state index in [9.17, 15) is 19.2 Å². The molecule has 0 atom stereocenters. The summed E-state index contributed by atoms with van der Waals surface area (Å²) in [6.45, 7) is 2.68. The number of likely N-dealkylation sites (N-methyl/N-ethyl adjacent to an activating group) is 2. The lowest BCUT2D eigenvalue weighted by atomic mass is 10.1. The van der Waals surface area contributed by atoms with Gasteiger partial charge in [0.25, 0.3) is 11.8 Å². The molecule has 0 saturated heterocycles. The molecule has 0 spiro atoms. The van der Waals surface area contributed by atoms with Crippen molar-refractivity contribution in [2.75, 3.05) is 14.1 Å². The van der Waals surface area contributed by atoms with Crippen molar-refractivity contribution < 1.29 is 19.2 Å². The highest BCUT2D eigenvalue weighted by molar-refractivity contribution is 6.16. The number of benzene rings is 1. The Morgan fingerprint density at radius 1 is 0.767 bits per heavy atom. The molecule has 1 aromatic carbocycles. The maximum absolute atomic E-state index is 12.1. The number of guanidine groups is 2. The number of amides is 4. The molecule has 0 aliphatic carbocycles. The van der Waals surface area contributed by atoms with Gasteiger partial charge < -0.3 is 9.80 Å². The van der Waals surface area contributed by atoms with Gasteiger partial charge in [0.15, 0.2) is 0 Å². The van der Waals surface area contributed by atoms with Crippen LogP contribution in [0.3, 0.4) is 0 Å². The first-order valence-corrected chi connectivity index (χ1v) is 8.98. The van der Waals surface area contributed by atoms with Gasteiger partial charge in [0.2, 0.25) is 23.7 Å². The van der Waals surface area contributed by atoms with E-state index in [0.29, 0.717) is 11.4 Å². The van der Waals surface area contributed by atoms with Crippen LogP contribution in [-0.2, 0) is 19.2 Å². The van der Waals surface area contributed by atoms with Crippen molar-refractivity contribution in [3.05, 3.63) is 46.8 Å². The minimum absolute atomic E-state index is 0.179. The number of rotatable bonds is 2. The van der Waals surface area contributed by atoms with Gasteiger partial charge in [-0.3, -0.25) is 29.8 Å². The molecule has 2 aliphatic heterocycles. The minimum atomic E-state index is -0.451. The number of nitrogens with one attached hydrogen (secondary N) is 2. The molecule has 0 fully saturated rings. The Morgan fingerprint density at radius 3 is 1.40 bits per heavy atom. The summed E-state index contributed by atoms with van der Waals surface area (Å²) in [5.41, 5.74) is 2.13. The quantitative estimate of drug-likeness (QED) is 0.679. The smallest absolute Gasteiger partial charge is 0.296 e. The van der Waals surface area contributed by atoms with Crippen LogP contribution in [0.5, 0.6) is 0 Å². The largest absolute Gasteiger partial charge is 0.310 e. The van der Waals surface area contributed by atoms with E-state index in [4.69, 9.17) is 0 Å². The molecule has 4 amide bonds. The van der Waals surface area contributed by atoms with Crippen LogP contribution >= 0.6 is 0 Å². The van der Waals surface area contributed by atoms with Gasteiger partial charge in [0, 0.05) is 27.9 Å². The highest BCUT2D eigenvalue weighted by Crippen LogP contribution is 2.20. The Balaban J connectivity index is 1.76. The number of carbonyl (C=O) groups excluding carboxylic acids is 4. The summed E-state index contributed by atoms with van der Waals surface area (Å²) in [5.74, 6) is -1.18. The van der Waals surface area contributed by atoms with E-state index in [1.807, 2.05) is 0 Å². The summed E-state index contributed by atoms with van der Waals surface area (Å²) in [6, 6.07) is 7.13. The molecule has 10 heteroatoms. The van der Waals surface area contributed by atoms with Gasteiger partial charge in [-0.15, -0.1) is 0 Å². The number of nitrogens with zero attached hydrogens (tertiary/aromatic N) is 4. The maximum Gasteiger partial charge on any atom is 0.296 e. The molecule has 10 nitrogen and oxygen atoms in total. The molecule has 1 aromatic rings. The van der Waals surface area contributed by atoms with Gasteiger partial charge in [-0.2, -0.15) is 9.98 Å². The van der Waals surface area contributed by atoms with E-state index >= 15 is 0 Å². The van der Waals surface area contributed by atoms with Gasteiger partial charge in [-0.1, -0.05) is 24.3 Å². The van der Waals surface area contributed by atoms with Crippen LogP contribution in [0.1, 0.15) is 25.0 Å². The van der Waals surface area contributed by atoms with Gasteiger partial charge in [0.1, 0.15) is 11.4 Å². The van der Waals surface area contributed by atoms with Crippen LogP contribution in [-0.4, -0.2) is 59.4 Å². The Labute approximate surface area is 172 Å². The van der Waals surface area contributed by atoms with Crippen molar-refractivity contribution in [2.45, 2.75) is 13.8 Å². The molecule has 0 unspecified atom stereocenters. The zero-order chi connectivity index (χ0) is 22.0. The Morgan fingerprint density at radius 2 is 1.10 bits per heavy atom. The fourth-order valence-electron chi connectivity index (χ4n) is 2.83. The van der Waals surface area contributed by atoms with E-state index < -0.39 is 11.8 Å². The van der Waals surface area contributed by atoms with E-state index in [-0.39, 0.29) is 23.7 Å². The fraction of sp³-hybridized carbons (Fsp3) is 0.200. The molecular weight excluding hydrogens is 388 g/mol. The van der Waals surface area contributed by atoms with Crippen molar-refractivity contribution in [3.8, 4) is 0 Å². The van der Waals surface area contributed by atoms with Crippen molar-refractivity contribution in [1.82, 2.24) is 20.4 Å². The average molecular weight is 408 g/mol. The molecule has 0 saturated carbocycles. The molecule has 2 aliphatic rings. The second kappa shape index (κ2) is 8.11. The Kier molecular flexibility index (Phi) is 5.58. The molecule has 2 N–H and O–H groups in total. The highest BCUT2D eigenvalue weighted by atomic mass is 16.2. The van der Waals surface area contributed by atoms with Crippen molar-refractivity contribution >= 4 is 47.7 Å². The predicted octanol–water partition coefficient (Wildman–Crippen LogP) is 0.297. The van der Waals surface area contributed by atoms with Crippen LogP contribution in [0.2, 0.25) is 0 Å². The highest BCUT2D eigenvalue weighted by Gasteiger charge is 2.28. The molecule has 30 heavy (non-hydrogen) atoms. The second-order valence-corrected chi connectivity index (χ2v) is 6.69. The zero-order valence-electron chi connectivity index (χ0n) is 16.9. The number of hydrogen-bond acceptors (Lipinski definition) is 6. The van der Waals surface area contributed by atoms with E-state index in [2.05, 4.69) is 20.6 Å². The first-order valence-electron chi connectivity index (χ1n) is 8.98. The number of aliphatic imine (C=N–C) groups is 2. The van der Waals surface area contributed by atoms with Crippen LogP contribution in [0.15, 0.2) is 45.6 Å². The molecule has 0 bridgehead atoms. The molecular formula is C20H20N6O4. The third-order valence-electron chi connectivity index (χ3n) is 4.33. The number of carbonyl (C=O) groups is 4. The molecule has 0 aromatic heterocycles. The van der Waals surface area contributed by atoms with Crippen LogP contribution in [0, 0.1) is 0 Å². The molecule has 3 rings (SSSR count). The first-order chi connectivity index (χ1) is 14.2. The molecule has 154 valence electrons. The summed E-state index contributed by atoms with van der Waals surface area (Å²) in [5, 5.41) is 5.01. The lowest BCUT2D eigenvalue weighted by molar-refractivity contribution is -0.118. The number of hydrogen-bond donors (Lipinski definition) is 2. The van der Waals surface area contributed by atoms with Crippen molar-refractivity contribution in [2.24, 2.45) is 9.98 Å². The normalized spacial score (nSPS) is 18.8.